The van der Waals surface area contributed by atoms with Crippen LogP contribution in [0, 0.1) is 6.92 Å². The van der Waals surface area contributed by atoms with Gasteiger partial charge in [0, 0.05) is 56.9 Å². The minimum Gasteiger partial charge on any atom is -0.369 e. The molecule has 2 saturated heterocycles. The van der Waals surface area contributed by atoms with Gasteiger partial charge in [0.1, 0.15) is 11.0 Å². The average molecular weight is 449 g/mol. The van der Waals surface area contributed by atoms with Crippen molar-refractivity contribution in [3.05, 3.63) is 64.7 Å². The van der Waals surface area contributed by atoms with Gasteiger partial charge in [-0.15, -0.1) is 0 Å². The van der Waals surface area contributed by atoms with Crippen LogP contribution < -0.4 is 10.2 Å². The summed E-state index contributed by atoms with van der Waals surface area (Å²) >= 11 is 5.68. The number of carbonyl (C=O) groups is 2. The Morgan fingerprint density at radius 2 is 1.88 bits per heavy atom. The van der Waals surface area contributed by atoms with Crippen LogP contribution in [0.3, 0.4) is 0 Å². The Kier molecular flexibility index (Phi) is 5.69. The summed E-state index contributed by atoms with van der Waals surface area (Å²) in [6.45, 7) is 7.82. The summed E-state index contributed by atoms with van der Waals surface area (Å²) in [5.74, 6) is -0.429. The molecule has 2 aromatic rings. The number of hydrogen-bond acceptors (Lipinski definition) is 5. The number of rotatable bonds is 4. The van der Waals surface area contributed by atoms with E-state index >= 15 is 0 Å². The lowest BCUT2D eigenvalue weighted by Gasteiger charge is -2.36. The molecule has 3 aliphatic rings. The lowest BCUT2D eigenvalue weighted by Crippen LogP contribution is -2.52. The number of hydrogen-bond donors (Lipinski definition) is 1. The van der Waals surface area contributed by atoms with Gasteiger partial charge >= 0.3 is 0 Å². The molecular formula is C25H28N4O2S. The summed E-state index contributed by atoms with van der Waals surface area (Å²) in [6, 6.07) is 14.9. The molecule has 0 spiro atoms. The fourth-order valence-electron chi connectivity index (χ4n) is 4.97. The maximum atomic E-state index is 12.3. The molecule has 7 heteroatoms. The van der Waals surface area contributed by atoms with E-state index in [2.05, 4.69) is 64.5 Å². The highest BCUT2D eigenvalue weighted by Crippen LogP contribution is 2.29. The molecule has 2 amide bonds. The number of aryl methyl sites for hydroxylation is 1. The molecule has 0 radical (unpaired) electrons. The summed E-state index contributed by atoms with van der Waals surface area (Å²) < 4.78 is 0. The maximum Gasteiger partial charge on any atom is 0.249 e. The van der Waals surface area contributed by atoms with Crippen LogP contribution in [-0.4, -0.2) is 58.8 Å². The number of nitrogens with one attached hydrogen (secondary N) is 1. The number of fused-ring (bicyclic) bond motifs is 1. The van der Waals surface area contributed by atoms with Crippen LogP contribution in [0.15, 0.2) is 42.5 Å². The number of benzene rings is 2. The molecule has 2 aromatic carbocycles. The van der Waals surface area contributed by atoms with Gasteiger partial charge in [-0.2, -0.15) is 0 Å². The number of thiocarbonyl (C=S) groups is 1. The molecule has 166 valence electrons. The predicted molar refractivity (Wildman–Crippen MR) is 129 cm³/mol. The van der Waals surface area contributed by atoms with Crippen molar-refractivity contribution < 1.29 is 9.59 Å². The summed E-state index contributed by atoms with van der Waals surface area (Å²) in [7, 11) is 0. The van der Waals surface area contributed by atoms with Crippen LogP contribution >= 0.6 is 12.2 Å². The van der Waals surface area contributed by atoms with E-state index in [1.165, 1.54) is 22.4 Å². The highest BCUT2D eigenvalue weighted by atomic mass is 32.1. The highest BCUT2D eigenvalue weighted by Gasteiger charge is 2.37. The molecule has 1 atom stereocenters. The van der Waals surface area contributed by atoms with Crippen molar-refractivity contribution in [1.29, 1.82) is 0 Å². The Morgan fingerprint density at radius 1 is 1.06 bits per heavy atom. The summed E-state index contributed by atoms with van der Waals surface area (Å²) in [4.78, 5) is 31.5. The monoisotopic (exact) mass is 448 g/mol. The zero-order chi connectivity index (χ0) is 22.2. The molecule has 0 aliphatic carbocycles. The van der Waals surface area contributed by atoms with E-state index in [4.69, 9.17) is 12.2 Å². The molecule has 0 aromatic heterocycles. The third-order valence-electron chi connectivity index (χ3n) is 6.73. The van der Waals surface area contributed by atoms with Crippen molar-refractivity contribution in [2.75, 3.05) is 31.1 Å². The van der Waals surface area contributed by atoms with Crippen molar-refractivity contribution in [3.63, 3.8) is 0 Å². The predicted octanol–water partition coefficient (Wildman–Crippen LogP) is 2.61. The number of piperazine rings is 1. The van der Waals surface area contributed by atoms with Gasteiger partial charge in [0.15, 0.2) is 0 Å². The Hall–Kier alpha value is -2.77. The normalized spacial score (nSPS) is 21.7. The van der Waals surface area contributed by atoms with Gasteiger partial charge in [-0.25, -0.2) is 0 Å². The van der Waals surface area contributed by atoms with E-state index < -0.39 is 0 Å². The molecular weight excluding hydrogens is 420 g/mol. The molecule has 3 heterocycles. The standard InChI is InChI=1S/C25H28N4O2S/c1-17-3-2-4-20(13-17)28-11-9-27(10-12-28)15-18-5-6-21-19(14-18)16-29(25(21)32)22-7-8-23(30)26-24(22)31/h2-6,13-14,22H,7-12,15-16H2,1H3,(H,26,30,31). The first-order valence-electron chi connectivity index (χ1n) is 11.3. The molecule has 2 fully saturated rings. The van der Waals surface area contributed by atoms with E-state index in [0.29, 0.717) is 24.4 Å². The van der Waals surface area contributed by atoms with Gasteiger partial charge in [-0.05, 0) is 42.2 Å². The number of imide groups is 1. The molecule has 32 heavy (non-hydrogen) atoms. The summed E-state index contributed by atoms with van der Waals surface area (Å²) in [5.41, 5.74) is 6.10. The summed E-state index contributed by atoms with van der Waals surface area (Å²) in [6.07, 6.45) is 0.891. The second kappa shape index (κ2) is 8.64. The number of piperidine rings is 1. The van der Waals surface area contributed by atoms with E-state index in [0.717, 1.165) is 38.3 Å². The maximum absolute atomic E-state index is 12.3. The first-order chi connectivity index (χ1) is 15.5. The quantitative estimate of drug-likeness (QED) is 0.573. The van der Waals surface area contributed by atoms with E-state index in [1.807, 2.05) is 4.90 Å². The number of nitrogens with zero attached hydrogens (tertiary/aromatic N) is 3. The van der Waals surface area contributed by atoms with Gasteiger partial charge < -0.3 is 9.80 Å². The van der Waals surface area contributed by atoms with Crippen LogP contribution in [0.5, 0.6) is 0 Å². The lowest BCUT2D eigenvalue weighted by atomic mass is 10.0. The lowest BCUT2D eigenvalue weighted by molar-refractivity contribution is -0.136. The first-order valence-corrected chi connectivity index (χ1v) is 11.7. The third-order valence-corrected chi connectivity index (χ3v) is 7.19. The Balaban J connectivity index is 1.21. The number of amides is 2. The first kappa shape index (κ1) is 21.1. The van der Waals surface area contributed by atoms with E-state index in [1.54, 1.807) is 0 Å². The van der Waals surface area contributed by atoms with E-state index in [9.17, 15) is 9.59 Å². The van der Waals surface area contributed by atoms with Gasteiger partial charge in [0.05, 0.1) is 0 Å². The zero-order valence-electron chi connectivity index (χ0n) is 18.3. The minimum atomic E-state index is -0.356. The molecule has 1 unspecified atom stereocenters. The second-order valence-corrected chi connectivity index (χ2v) is 9.38. The van der Waals surface area contributed by atoms with Gasteiger partial charge in [0.2, 0.25) is 11.8 Å². The van der Waals surface area contributed by atoms with E-state index in [-0.39, 0.29) is 17.9 Å². The number of anilines is 1. The van der Waals surface area contributed by atoms with Crippen molar-refractivity contribution in [2.45, 2.75) is 38.9 Å². The average Bonchev–Trinajstić information content (AvgIpc) is 3.10. The Labute approximate surface area is 194 Å². The molecule has 6 nitrogen and oxygen atoms in total. The van der Waals surface area contributed by atoms with Gasteiger partial charge in [-0.3, -0.25) is 19.8 Å². The fourth-order valence-corrected chi connectivity index (χ4v) is 5.36. The van der Waals surface area contributed by atoms with Crippen molar-refractivity contribution >= 4 is 34.7 Å². The largest absolute Gasteiger partial charge is 0.369 e. The Morgan fingerprint density at radius 3 is 2.62 bits per heavy atom. The van der Waals surface area contributed by atoms with Gasteiger partial charge in [-0.1, -0.05) is 42.5 Å². The van der Waals surface area contributed by atoms with Crippen molar-refractivity contribution in [3.8, 4) is 0 Å². The number of carbonyl (C=O) groups excluding carboxylic acids is 2. The highest BCUT2D eigenvalue weighted by molar-refractivity contribution is 7.80. The molecule has 0 bridgehead atoms. The zero-order valence-corrected chi connectivity index (χ0v) is 19.2. The smallest absolute Gasteiger partial charge is 0.249 e. The van der Waals surface area contributed by atoms with Crippen LogP contribution in [0.4, 0.5) is 5.69 Å². The Bertz CT molecular complexity index is 1080. The van der Waals surface area contributed by atoms with Crippen molar-refractivity contribution in [2.24, 2.45) is 0 Å². The van der Waals surface area contributed by atoms with Gasteiger partial charge in [0.25, 0.3) is 0 Å². The van der Waals surface area contributed by atoms with Crippen molar-refractivity contribution in [1.82, 2.24) is 15.1 Å². The van der Waals surface area contributed by atoms with Crippen LogP contribution in [0.1, 0.15) is 35.1 Å². The molecule has 0 saturated carbocycles. The summed E-state index contributed by atoms with van der Waals surface area (Å²) in [5, 5.41) is 2.45. The minimum absolute atomic E-state index is 0.196. The molecule has 5 rings (SSSR count). The topological polar surface area (TPSA) is 55.9 Å². The van der Waals surface area contributed by atoms with Crippen LogP contribution in [0.25, 0.3) is 0 Å². The molecule has 3 aliphatic heterocycles. The fraction of sp³-hybridized carbons (Fsp3) is 0.400. The SMILES string of the molecule is Cc1cccc(N2CCN(Cc3ccc4c(c3)CN(C3CCC(=O)NC3=O)C4=S)CC2)c1. The third kappa shape index (κ3) is 4.14. The van der Waals surface area contributed by atoms with Crippen LogP contribution in [0.2, 0.25) is 0 Å². The van der Waals surface area contributed by atoms with Crippen LogP contribution in [-0.2, 0) is 22.7 Å². The second-order valence-electron chi connectivity index (χ2n) is 8.99. The molecule has 1 N–H and O–H groups in total.